The Morgan fingerprint density at radius 3 is 2.86 bits per heavy atom. The largest absolute Gasteiger partial charge is 0.389 e. The van der Waals surface area contributed by atoms with Crippen molar-refractivity contribution in [2.24, 2.45) is 5.41 Å². The topological polar surface area (TPSA) is 41.5 Å². The van der Waals surface area contributed by atoms with Crippen LogP contribution in [0.3, 0.4) is 0 Å². The number of aliphatic hydroxyl groups is 1. The Kier molecular flexibility index (Phi) is 9.16. The van der Waals surface area contributed by atoms with Gasteiger partial charge >= 0.3 is 0 Å². The minimum Gasteiger partial charge on any atom is -0.389 e. The molecule has 21 heavy (non-hydrogen) atoms. The molecule has 0 aromatic carbocycles. The molecule has 0 radical (unpaired) electrons. The maximum Gasteiger partial charge on any atom is 0.0897 e. The molecule has 3 nitrogen and oxygen atoms in total. The number of aliphatic hydroxyl groups excluding tert-OH is 1. The van der Waals surface area contributed by atoms with Crippen LogP contribution in [0.5, 0.6) is 0 Å². The summed E-state index contributed by atoms with van der Waals surface area (Å²) in [7, 11) is 0. The molecule has 0 saturated heterocycles. The lowest BCUT2D eigenvalue weighted by Gasteiger charge is -2.25. The monoisotopic (exact) mass is 313 g/mol. The van der Waals surface area contributed by atoms with Gasteiger partial charge in [-0.05, 0) is 23.3 Å². The maximum absolute atomic E-state index is 9.90. The van der Waals surface area contributed by atoms with Gasteiger partial charge in [0.15, 0.2) is 0 Å². The van der Waals surface area contributed by atoms with Gasteiger partial charge < -0.3 is 15.2 Å². The quantitative estimate of drug-likeness (QED) is 0.576. The molecule has 0 aliphatic carbocycles. The van der Waals surface area contributed by atoms with Gasteiger partial charge in [0.1, 0.15) is 0 Å². The van der Waals surface area contributed by atoms with Crippen molar-refractivity contribution in [1.82, 2.24) is 5.32 Å². The molecule has 1 atom stereocenters. The Hall–Kier alpha value is -0.420. The second kappa shape index (κ2) is 10.3. The molecule has 1 aromatic heterocycles. The van der Waals surface area contributed by atoms with Crippen LogP contribution in [-0.2, 0) is 11.3 Å². The van der Waals surface area contributed by atoms with Gasteiger partial charge in [0.25, 0.3) is 0 Å². The van der Waals surface area contributed by atoms with Crippen molar-refractivity contribution >= 4 is 11.3 Å². The van der Waals surface area contributed by atoms with Gasteiger partial charge in [-0.2, -0.15) is 0 Å². The van der Waals surface area contributed by atoms with Crippen molar-refractivity contribution in [3.63, 3.8) is 0 Å². The first-order chi connectivity index (χ1) is 10.0. The Morgan fingerprint density at radius 2 is 2.19 bits per heavy atom. The van der Waals surface area contributed by atoms with E-state index in [1.165, 1.54) is 30.6 Å². The van der Waals surface area contributed by atoms with Gasteiger partial charge in [-0.3, -0.25) is 0 Å². The molecule has 4 heteroatoms. The summed E-state index contributed by atoms with van der Waals surface area (Å²) in [5.74, 6) is 0. The van der Waals surface area contributed by atoms with Gasteiger partial charge in [0, 0.05) is 18.0 Å². The molecule has 0 aliphatic heterocycles. The first-order valence-electron chi connectivity index (χ1n) is 8.02. The van der Waals surface area contributed by atoms with E-state index >= 15 is 0 Å². The molecule has 0 saturated carbocycles. The van der Waals surface area contributed by atoms with Crippen molar-refractivity contribution in [2.75, 3.05) is 19.7 Å². The van der Waals surface area contributed by atoms with E-state index in [1.54, 1.807) is 11.3 Å². The predicted octanol–water partition coefficient (Wildman–Crippen LogP) is 3.82. The van der Waals surface area contributed by atoms with Crippen LogP contribution in [0.1, 0.15) is 51.3 Å². The van der Waals surface area contributed by atoms with E-state index in [-0.39, 0.29) is 0 Å². The number of ether oxygens (including phenoxy) is 1. The molecule has 0 fully saturated rings. The summed E-state index contributed by atoms with van der Waals surface area (Å²) >= 11 is 1.68. The Labute approximate surface area is 133 Å². The zero-order valence-corrected chi connectivity index (χ0v) is 14.5. The van der Waals surface area contributed by atoms with Crippen molar-refractivity contribution in [3.05, 3.63) is 22.4 Å². The molecular formula is C17H31NO2S. The predicted molar refractivity (Wildman–Crippen MR) is 90.8 cm³/mol. The first-order valence-corrected chi connectivity index (χ1v) is 8.90. The summed E-state index contributed by atoms with van der Waals surface area (Å²) in [5, 5.41) is 15.3. The second-order valence-electron chi connectivity index (χ2n) is 6.50. The summed E-state index contributed by atoms with van der Waals surface area (Å²) in [6.07, 6.45) is 4.67. The molecular weight excluding hydrogens is 282 g/mol. The third-order valence-corrected chi connectivity index (χ3v) is 4.43. The Morgan fingerprint density at radius 1 is 1.38 bits per heavy atom. The Bertz CT molecular complexity index is 352. The van der Waals surface area contributed by atoms with Gasteiger partial charge in [-0.15, -0.1) is 11.3 Å². The Balaban J connectivity index is 2.05. The average Bonchev–Trinajstić information content (AvgIpc) is 2.92. The fraction of sp³-hybridized carbons (Fsp3) is 0.765. The summed E-state index contributed by atoms with van der Waals surface area (Å²) in [6.45, 7) is 9.33. The maximum atomic E-state index is 9.90. The third-order valence-electron chi connectivity index (χ3n) is 3.58. The van der Waals surface area contributed by atoms with Crippen LogP contribution < -0.4 is 5.32 Å². The highest BCUT2D eigenvalue weighted by molar-refractivity contribution is 7.09. The molecule has 0 bridgehead atoms. The molecule has 1 aromatic rings. The second-order valence-corrected chi connectivity index (χ2v) is 7.53. The van der Waals surface area contributed by atoms with Crippen molar-refractivity contribution < 1.29 is 9.84 Å². The number of hydrogen-bond acceptors (Lipinski definition) is 4. The van der Waals surface area contributed by atoms with E-state index < -0.39 is 6.10 Å². The molecule has 122 valence electrons. The van der Waals surface area contributed by atoms with Crippen LogP contribution >= 0.6 is 11.3 Å². The zero-order valence-electron chi connectivity index (χ0n) is 13.7. The summed E-state index contributed by atoms with van der Waals surface area (Å²) in [4.78, 5) is 1.20. The minimum absolute atomic E-state index is 0.298. The molecule has 0 amide bonds. The SMILES string of the molecule is CCCCCC(C)(C)CNCC(O)COCc1cccs1. The summed E-state index contributed by atoms with van der Waals surface area (Å²) in [6, 6.07) is 4.07. The standard InChI is InChI=1S/C17H31NO2S/c1-4-5-6-9-17(2,3)14-18-11-15(19)12-20-13-16-8-7-10-21-16/h7-8,10,15,18-19H,4-6,9,11-14H2,1-3H3. The van der Waals surface area contributed by atoms with Crippen LogP contribution in [0.15, 0.2) is 17.5 Å². The normalized spacial score (nSPS) is 13.5. The van der Waals surface area contributed by atoms with E-state index in [0.717, 1.165) is 6.54 Å². The highest BCUT2D eigenvalue weighted by Crippen LogP contribution is 2.22. The van der Waals surface area contributed by atoms with Crippen LogP contribution in [0, 0.1) is 5.41 Å². The van der Waals surface area contributed by atoms with Crippen molar-refractivity contribution in [1.29, 1.82) is 0 Å². The average molecular weight is 314 g/mol. The lowest BCUT2D eigenvalue weighted by Crippen LogP contribution is -2.36. The molecule has 1 heterocycles. The number of hydrogen-bond donors (Lipinski definition) is 2. The molecule has 0 aliphatic rings. The number of rotatable bonds is 12. The molecule has 0 spiro atoms. The van der Waals surface area contributed by atoms with Crippen LogP contribution in [0.4, 0.5) is 0 Å². The lowest BCUT2D eigenvalue weighted by molar-refractivity contribution is 0.0287. The van der Waals surface area contributed by atoms with E-state index in [2.05, 4.69) is 26.1 Å². The fourth-order valence-corrected chi connectivity index (χ4v) is 2.91. The van der Waals surface area contributed by atoms with Gasteiger partial charge in [0.05, 0.1) is 19.3 Å². The summed E-state index contributed by atoms with van der Waals surface area (Å²) in [5.41, 5.74) is 0.298. The van der Waals surface area contributed by atoms with E-state index in [1.807, 2.05) is 17.5 Å². The third kappa shape index (κ3) is 9.25. The van der Waals surface area contributed by atoms with E-state index in [4.69, 9.17) is 4.74 Å². The van der Waals surface area contributed by atoms with Crippen molar-refractivity contribution in [2.45, 2.75) is 59.2 Å². The minimum atomic E-state index is -0.434. The molecule has 1 unspecified atom stereocenters. The van der Waals surface area contributed by atoms with Crippen LogP contribution in [-0.4, -0.2) is 30.9 Å². The van der Waals surface area contributed by atoms with E-state index in [0.29, 0.717) is 25.2 Å². The van der Waals surface area contributed by atoms with Gasteiger partial charge in [-0.25, -0.2) is 0 Å². The summed E-state index contributed by atoms with van der Waals surface area (Å²) < 4.78 is 5.52. The van der Waals surface area contributed by atoms with Gasteiger partial charge in [0.2, 0.25) is 0 Å². The number of unbranched alkanes of at least 4 members (excludes halogenated alkanes) is 2. The first kappa shape index (κ1) is 18.6. The molecule has 1 rings (SSSR count). The molecule has 2 N–H and O–H groups in total. The van der Waals surface area contributed by atoms with Crippen LogP contribution in [0.2, 0.25) is 0 Å². The fourth-order valence-electron chi connectivity index (χ4n) is 2.27. The van der Waals surface area contributed by atoms with Gasteiger partial charge in [-0.1, -0.05) is 46.1 Å². The number of nitrogens with one attached hydrogen (secondary N) is 1. The van der Waals surface area contributed by atoms with Crippen molar-refractivity contribution in [3.8, 4) is 0 Å². The van der Waals surface area contributed by atoms with Crippen LogP contribution in [0.25, 0.3) is 0 Å². The number of thiophene rings is 1. The zero-order chi connectivity index (χ0) is 15.6. The highest BCUT2D eigenvalue weighted by atomic mass is 32.1. The lowest BCUT2D eigenvalue weighted by atomic mass is 9.87. The van der Waals surface area contributed by atoms with E-state index in [9.17, 15) is 5.11 Å². The highest BCUT2D eigenvalue weighted by Gasteiger charge is 2.17. The smallest absolute Gasteiger partial charge is 0.0897 e.